The molecule has 2 nitrogen and oxygen atoms in total. The molecule has 0 saturated heterocycles. The summed E-state index contributed by atoms with van der Waals surface area (Å²) in [5.74, 6) is 0.875. The van der Waals surface area contributed by atoms with Crippen LogP contribution in [0.25, 0.3) is 32.7 Å². The maximum Gasteiger partial charge on any atom is 0.136 e. The molecule has 19 heavy (non-hydrogen) atoms. The van der Waals surface area contributed by atoms with Gasteiger partial charge in [-0.1, -0.05) is 30.3 Å². The molecule has 0 saturated carbocycles. The summed E-state index contributed by atoms with van der Waals surface area (Å²) in [5, 5.41) is 4.55. The third-order valence-corrected chi connectivity index (χ3v) is 3.56. The van der Waals surface area contributed by atoms with Crippen LogP contribution in [0.4, 0.5) is 0 Å². The molecule has 0 unspecified atom stereocenters. The van der Waals surface area contributed by atoms with E-state index in [-0.39, 0.29) is 0 Å². The summed E-state index contributed by atoms with van der Waals surface area (Å²) < 4.78 is 11.3. The molecule has 2 heteroatoms. The van der Waals surface area contributed by atoms with Crippen molar-refractivity contribution in [3.8, 4) is 5.75 Å². The van der Waals surface area contributed by atoms with E-state index in [1.165, 1.54) is 5.39 Å². The van der Waals surface area contributed by atoms with Crippen LogP contribution in [-0.2, 0) is 0 Å². The zero-order valence-electron chi connectivity index (χ0n) is 10.5. The van der Waals surface area contributed by atoms with Gasteiger partial charge in [-0.25, -0.2) is 0 Å². The van der Waals surface area contributed by atoms with Crippen molar-refractivity contribution in [2.45, 2.75) is 0 Å². The van der Waals surface area contributed by atoms with Crippen molar-refractivity contribution in [2.75, 3.05) is 7.11 Å². The minimum absolute atomic E-state index is 0.875. The van der Waals surface area contributed by atoms with E-state index in [1.54, 1.807) is 7.11 Å². The largest absolute Gasteiger partial charge is 0.496 e. The Morgan fingerprint density at radius 1 is 0.789 bits per heavy atom. The minimum atomic E-state index is 0.875. The molecule has 0 N–H and O–H groups in total. The molecule has 92 valence electrons. The third kappa shape index (κ3) is 1.43. The summed E-state index contributed by atoms with van der Waals surface area (Å²) in [6.45, 7) is 0. The lowest BCUT2D eigenvalue weighted by atomic mass is 10.1. The van der Waals surface area contributed by atoms with E-state index in [1.807, 2.05) is 30.3 Å². The minimum Gasteiger partial charge on any atom is -0.496 e. The first-order chi connectivity index (χ1) is 9.36. The van der Waals surface area contributed by atoms with Crippen molar-refractivity contribution in [3.63, 3.8) is 0 Å². The maximum absolute atomic E-state index is 5.90. The highest BCUT2D eigenvalue weighted by Gasteiger charge is 2.09. The second-order valence-electron chi connectivity index (χ2n) is 4.63. The number of furan rings is 1. The predicted octanol–water partition coefficient (Wildman–Crippen LogP) is 4.75. The second kappa shape index (κ2) is 3.75. The fraction of sp³-hybridized carbons (Fsp3) is 0.0588. The number of hydrogen-bond acceptors (Lipinski definition) is 2. The van der Waals surface area contributed by atoms with Gasteiger partial charge in [0, 0.05) is 16.2 Å². The Kier molecular flexibility index (Phi) is 2.06. The van der Waals surface area contributed by atoms with E-state index in [9.17, 15) is 0 Å². The smallest absolute Gasteiger partial charge is 0.136 e. The van der Waals surface area contributed by atoms with Crippen LogP contribution in [0.3, 0.4) is 0 Å². The molecule has 0 aliphatic heterocycles. The second-order valence-corrected chi connectivity index (χ2v) is 4.63. The van der Waals surface area contributed by atoms with Crippen molar-refractivity contribution in [1.82, 2.24) is 0 Å². The highest BCUT2D eigenvalue weighted by atomic mass is 16.5. The molecule has 0 atom stereocenters. The van der Waals surface area contributed by atoms with Gasteiger partial charge in [0.1, 0.15) is 16.9 Å². The summed E-state index contributed by atoms with van der Waals surface area (Å²) in [6, 6.07) is 18.4. The van der Waals surface area contributed by atoms with Crippen LogP contribution in [-0.4, -0.2) is 7.11 Å². The first kappa shape index (κ1) is 10.4. The van der Waals surface area contributed by atoms with Crippen molar-refractivity contribution in [2.24, 2.45) is 0 Å². The lowest BCUT2D eigenvalue weighted by molar-refractivity contribution is 0.420. The van der Waals surface area contributed by atoms with E-state index in [2.05, 4.69) is 24.3 Å². The average molecular weight is 248 g/mol. The lowest BCUT2D eigenvalue weighted by Gasteiger charge is -2.04. The summed E-state index contributed by atoms with van der Waals surface area (Å²) >= 11 is 0. The van der Waals surface area contributed by atoms with Crippen LogP contribution in [0.5, 0.6) is 5.75 Å². The molecule has 0 amide bonds. The van der Waals surface area contributed by atoms with Gasteiger partial charge in [0.05, 0.1) is 7.11 Å². The van der Waals surface area contributed by atoms with Crippen LogP contribution >= 0.6 is 0 Å². The molecule has 4 rings (SSSR count). The SMILES string of the molecule is COc1cccc2cc3c(cc12)oc1ccccc13. The number of methoxy groups -OCH3 is 1. The van der Waals surface area contributed by atoms with E-state index in [0.29, 0.717) is 0 Å². The number of fused-ring (bicyclic) bond motifs is 4. The molecular weight excluding hydrogens is 236 g/mol. The van der Waals surface area contributed by atoms with Gasteiger partial charge >= 0.3 is 0 Å². The standard InChI is InChI=1S/C17H12O2/c1-18-15-8-4-5-11-9-14-12-6-2-3-7-16(12)19-17(14)10-13(11)15/h2-10H,1H3. The molecule has 1 aromatic heterocycles. The maximum atomic E-state index is 5.90. The highest BCUT2D eigenvalue weighted by molar-refractivity contribution is 6.10. The summed E-state index contributed by atoms with van der Waals surface area (Å²) in [4.78, 5) is 0. The molecule has 0 fully saturated rings. The molecule has 0 radical (unpaired) electrons. The molecule has 4 aromatic rings. The van der Waals surface area contributed by atoms with Gasteiger partial charge in [0.2, 0.25) is 0 Å². The lowest BCUT2D eigenvalue weighted by Crippen LogP contribution is -1.84. The van der Waals surface area contributed by atoms with E-state index >= 15 is 0 Å². The fourth-order valence-electron chi connectivity index (χ4n) is 2.65. The number of para-hydroxylation sites is 1. The Labute approximate surface area is 110 Å². The Morgan fingerprint density at radius 2 is 1.68 bits per heavy atom. The van der Waals surface area contributed by atoms with Crippen molar-refractivity contribution in [3.05, 3.63) is 54.6 Å². The molecular formula is C17H12O2. The molecule has 1 heterocycles. The molecule has 0 aliphatic rings. The number of rotatable bonds is 1. The zero-order valence-corrected chi connectivity index (χ0v) is 10.5. The van der Waals surface area contributed by atoms with Crippen LogP contribution in [0.15, 0.2) is 59.0 Å². The Hall–Kier alpha value is -2.48. The van der Waals surface area contributed by atoms with Crippen molar-refractivity contribution >= 4 is 32.7 Å². The number of ether oxygens (including phenoxy) is 1. The molecule has 3 aromatic carbocycles. The Balaban J connectivity index is 2.21. The topological polar surface area (TPSA) is 22.4 Å². The van der Waals surface area contributed by atoms with Gasteiger partial charge in [0.15, 0.2) is 0 Å². The first-order valence-corrected chi connectivity index (χ1v) is 6.25. The highest BCUT2D eigenvalue weighted by Crippen LogP contribution is 2.34. The van der Waals surface area contributed by atoms with E-state index in [0.717, 1.165) is 33.1 Å². The Morgan fingerprint density at radius 3 is 2.58 bits per heavy atom. The van der Waals surface area contributed by atoms with Gasteiger partial charge < -0.3 is 9.15 Å². The van der Waals surface area contributed by atoms with Gasteiger partial charge in [0.25, 0.3) is 0 Å². The number of benzene rings is 3. The monoisotopic (exact) mass is 248 g/mol. The first-order valence-electron chi connectivity index (χ1n) is 6.25. The zero-order chi connectivity index (χ0) is 12.8. The fourth-order valence-corrected chi connectivity index (χ4v) is 2.65. The van der Waals surface area contributed by atoms with Crippen LogP contribution in [0.1, 0.15) is 0 Å². The normalized spacial score (nSPS) is 11.4. The van der Waals surface area contributed by atoms with Crippen LogP contribution in [0, 0.1) is 0 Å². The summed E-state index contributed by atoms with van der Waals surface area (Å²) in [6.07, 6.45) is 0. The van der Waals surface area contributed by atoms with Crippen LogP contribution < -0.4 is 4.74 Å². The predicted molar refractivity (Wildman–Crippen MR) is 77.8 cm³/mol. The van der Waals surface area contributed by atoms with E-state index in [4.69, 9.17) is 9.15 Å². The van der Waals surface area contributed by atoms with Gasteiger partial charge in [-0.05, 0) is 29.7 Å². The van der Waals surface area contributed by atoms with Crippen LogP contribution in [0.2, 0.25) is 0 Å². The number of hydrogen-bond donors (Lipinski definition) is 0. The Bertz CT molecular complexity index is 903. The van der Waals surface area contributed by atoms with E-state index < -0.39 is 0 Å². The third-order valence-electron chi connectivity index (χ3n) is 3.56. The molecule has 0 bridgehead atoms. The van der Waals surface area contributed by atoms with Crippen molar-refractivity contribution in [1.29, 1.82) is 0 Å². The summed E-state index contributed by atoms with van der Waals surface area (Å²) in [7, 11) is 1.69. The quantitative estimate of drug-likeness (QED) is 0.485. The average Bonchev–Trinajstić information content (AvgIpc) is 2.82. The molecule has 0 aliphatic carbocycles. The van der Waals surface area contributed by atoms with Gasteiger partial charge in [-0.2, -0.15) is 0 Å². The summed E-state index contributed by atoms with van der Waals surface area (Å²) in [5.41, 5.74) is 1.82. The molecule has 0 spiro atoms. The van der Waals surface area contributed by atoms with Crippen molar-refractivity contribution < 1.29 is 9.15 Å². The van der Waals surface area contributed by atoms with Gasteiger partial charge in [-0.15, -0.1) is 0 Å². The van der Waals surface area contributed by atoms with Gasteiger partial charge in [-0.3, -0.25) is 0 Å².